The molecule has 0 radical (unpaired) electrons. The fraction of sp³-hybridized carbons (Fsp3) is 0.919. The third-order valence-corrected chi connectivity index (χ3v) is 8.53. The van der Waals surface area contributed by atoms with Crippen LogP contribution >= 0.6 is 0 Å². The van der Waals surface area contributed by atoms with E-state index >= 15 is 0 Å². The van der Waals surface area contributed by atoms with E-state index < -0.39 is 5.97 Å². The zero-order chi connectivity index (χ0) is 31.6. The summed E-state index contributed by atoms with van der Waals surface area (Å²) in [4.78, 5) is 34.8. The molecule has 0 aliphatic carbocycles. The van der Waals surface area contributed by atoms with Crippen molar-refractivity contribution in [2.75, 3.05) is 6.54 Å². The zero-order valence-corrected chi connectivity index (χ0v) is 28.6. The lowest BCUT2D eigenvalue weighted by atomic mass is 10.0. The summed E-state index contributed by atoms with van der Waals surface area (Å²) in [5.74, 6) is -1.22. The molecule has 0 bridgehead atoms. The molecule has 0 saturated carbocycles. The lowest BCUT2D eigenvalue weighted by molar-refractivity contribution is -0.150. The summed E-state index contributed by atoms with van der Waals surface area (Å²) < 4.78 is 5.99. The van der Waals surface area contributed by atoms with Gasteiger partial charge in [-0.2, -0.15) is 0 Å². The highest BCUT2D eigenvalue weighted by atomic mass is 16.5. The standard InChI is InChI=1S/C37H71NO5/c1-3-5-7-9-11-13-14-15-17-19-24-28-32-37(42)43-34(29-25-21-18-16-12-10-8-6-4-2)30-26-22-20-23-27-31-35(39)38-33-36(40)41/h34H,3-33H2,1-2H3,(H,38,39)(H,40,41). The number of aliphatic carboxylic acids is 1. The van der Waals surface area contributed by atoms with Crippen LogP contribution in [0.1, 0.15) is 206 Å². The highest BCUT2D eigenvalue weighted by molar-refractivity contribution is 5.80. The number of carbonyl (C=O) groups excluding carboxylic acids is 2. The van der Waals surface area contributed by atoms with E-state index in [4.69, 9.17) is 9.84 Å². The second kappa shape index (κ2) is 33.3. The number of hydrogen-bond donors (Lipinski definition) is 2. The number of amides is 1. The summed E-state index contributed by atoms with van der Waals surface area (Å²) in [5, 5.41) is 11.0. The first kappa shape index (κ1) is 41.4. The van der Waals surface area contributed by atoms with E-state index in [0.717, 1.165) is 64.2 Å². The van der Waals surface area contributed by atoms with Crippen LogP contribution in [0.2, 0.25) is 0 Å². The van der Waals surface area contributed by atoms with Crippen LogP contribution in [0.3, 0.4) is 0 Å². The predicted molar refractivity (Wildman–Crippen MR) is 180 cm³/mol. The molecule has 0 aliphatic rings. The lowest BCUT2D eigenvalue weighted by Crippen LogP contribution is -2.28. The van der Waals surface area contributed by atoms with Crippen molar-refractivity contribution in [2.45, 2.75) is 213 Å². The highest BCUT2D eigenvalue weighted by Crippen LogP contribution is 2.19. The van der Waals surface area contributed by atoms with Crippen molar-refractivity contribution in [2.24, 2.45) is 0 Å². The number of carbonyl (C=O) groups is 3. The van der Waals surface area contributed by atoms with Gasteiger partial charge in [0.05, 0.1) is 0 Å². The quantitative estimate of drug-likeness (QED) is 0.0559. The Morgan fingerprint density at radius 2 is 0.860 bits per heavy atom. The number of esters is 1. The summed E-state index contributed by atoms with van der Waals surface area (Å²) in [7, 11) is 0. The molecule has 0 aromatic heterocycles. The van der Waals surface area contributed by atoms with Gasteiger partial charge in [0, 0.05) is 12.8 Å². The van der Waals surface area contributed by atoms with Gasteiger partial charge in [-0.25, -0.2) is 0 Å². The molecule has 0 saturated heterocycles. The van der Waals surface area contributed by atoms with Crippen molar-refractivity contribution in [1.29, 1.82) is 0 Å². The monoisotopic (exact) mass is 610 g/mol. The number of ether oxygens (including phenoxy) is 1. The van der Waals surface area contributed by atoms with Crippen molar-refractivity contribution in [1.82, 2.24) is 5.32 Å². The molecule has 1 atom stereocenters. The molecule has 6 nitrogen and oxygen atoms in total. The van der Waals surface area contributed by atoms with Crippen molar-refractivity contribution < 1.29 is 24.2 Å². The van der Waals surface area contributed by atoms with Crippen LogP contribution in [0.25, 0.3) is 0 Å². The van der Waals surface area contributed by atoms with Crippen LogP contribution < -0.4 is 5.32 Å². The molecule has 0 spiro atoms. The van der Waals surface area contributed by atoms with Gasteiger partial charge in [0.25, 0.3) is 0 Å². The maximum Gasteiger partial charge on any atom is 0.322 e. The molecule has 0 aliphatic heterocycles. The molecule has 1 unspecified atom stereocenters. The molecule has 0 aromatic carbocycles. The van der Waals surface area contributed by atoms with Gasteiger partial charge in [-0.15, -0.1) is 0 Å². The van der Waals surface area contributed by atoms with Crippen LogP contribution in [-0.4, -0.2) is 35.6 Å². The molecule has 0 fully saturated rings. The number of carboxylic acid groups (broad SMARTS) is 1. The zero-order valence-electron chi connectivity index (χ0n) is 28.6. The van der Waals surface area contributed by atoms with E-state index in [1.54, 1.807) is 0 Å². The Labute approximate surface area is 266 Å². The Bertz CT molecular complexity index is 638. The summed E-state index contributed by atoms with van der Waals surface area (Å²) in [5.41, 5.74) is 0. The summed E-state index contributed by atoms with van der Waals surface area (Å²) in [6.45, 7) is 4.22. The van der Waals surface area contributed by atoms with Gasteiger partial charge in [-0.05, 0) is 38.5 Å². The van der Waals surface area contributed by atoms with Gasteiger partial charge in [-0.3, -0.25) is 14.4 Å². The molecule has 43 heavy (non-hydrogen) atoms. The Balaban J connectivity index is 4.11. The predicted octanol–water partition coefficient (Wildman–Crippen LogP) is 10.8. The average molecular weight is 610 g/mol. The van der Waals surface area contributed by atoms with Gasteiger partial charge in [0.1, 0.15) is 12.6 Å². The fourth-order valence-corrected chi connectivity index (χ4v) is 5.75. The third kappa shape index (κ3) is 33.1. The molecule has 0 rings (SSSR count). The van der Waals surface area contributed by atoms with Gasteiger partial charge in [-0.1, -0.05) is 155 Å². The molecule has 254 valence electrons. The SMILES string of the molecule is CCCCCCCCCCCCCCC(=O)OC(CCCCCCCCCCC)CCCCCCCC(=O)NCC(=O)O. The molecule has 0 heterocycles. The minimum Gasteiger partial charge on any atom is -0.480 e. The first-order valence-electron chi connectivity index (χ1n) is 18.7. The van der Waals surface area contributed by atoms with Crippen molar-refractivity contribution in [3.63, 3.8) is 0 Å². The van der Waals surface area contributed by atoms with E-state index in [0.29, 0.717) is 12.8 Å². The van der Waals surface area contributed by atoms with Gasteiger partial charge < -0.3 is 15.2 Å². The van der Waals surface area contributed by atoms with Gasteiger partial charge in [0.15, 0.2) is 0 Å². The van der Waals surface area contributed by atoms with Crippen LogP contribution in [0, 0.1) is 0 Å². The Morgan fingerprint density at radius 3 is 1.26 bits per heavy atom. The number of nitrogens with one attached hydrogen (secondary N) is 1. The van der Waals surface area contributed by atoms with Crippen LogP contribution in [0.15, 0.2) is 0 Å². The number of hydrogen-bond acceptors (Lipinski definition) is 4. The molecule has 1 amide bonds. The minimum absolute atomic E-state index is 0.0135. The van der Waals surface area contributed by atoms with E-state index in [9.17, 15) is 14.4 Å². The van der Waals surface area contributed by atoms with E-state index in [2.05, 4.69) is 19.2 Å². The topological polar surface area (TPSA) is 92.7 Å². The van der Waals surface area contributed by atoms with E-state index in [1.165, 1.54) is 116 Å². The van der Waals surface area contributed by atoms with Crippen molar-refractivity contribution in [3.8, 4) is 0 Å². The van der Waals surface area contributed by atoms with Gasteiger partial charge >= 0.3 is 11.9 Å². The Morgan fingerprint density at radius 1 is 0.512 bits per heavy atom. The number of carboxylic acids is 1. The van der Waals surface area contributed by atoms with Crippen LogP contribution in [0.4, 0.5) is 0 Å². The third-order valence-electron chi connectivity index (χ3n) is 8.53. The molecule has 6 heteroatoms. The number of rotatable bonds is 34. The molecular weight excluding hydrogens is 538 g/mol. The summed E-state index contributed by atoms with van der Waals surface area (Å²) in [6.07, 6.45) is 35.0. The smallest absolute Gasteiger partial charge is 0.322 e. The van der Waals surface area contributed by atoms with Crippen LogP contribution in [-0.2, 0) is 19.1 Å². The van der Waals surface area contributed by atoms with E-state index in [-0.39, 0.29) is 24.5 Å². The number of unbranched alkanes of at least 4 members (excludes halogenated alkanes) is 23. The first-order valence-corrected chi connectivity index (χ1v) is 18.7. The van der Waals surface area contributed by atoms with Crippen molar-refractivity contribution >= 4 is 17.8 Å². The largest absolute Gasteiger partial charge is 0.480 e. The first-order chi connectivity index (χ1) is 21.0. The van der Waals surface area contributed by atoms with E-state index in [1.807, 2.05) is 0 Å². The highest BCUT2D eigenvalue weighted by Gasteiger charge is 2.14. The second-order valence-corrected chi connectivity index (χ2v) is 12.8. The Kier molecular flexibility index (Phi) is 32.1. The summed E-state index contributed by atoms with van der Waals surface area (Å²) in [6, 6.07) is 0. The molecular formula is C37H71NO5. The summed E-state index contributed by atoms with van der Waals surface area (Å²) >= 11 is 0. The normalized spacial score (nSPS) is 11.9. The maximum atomic E-state index is 12.6. The van der Waals surface area contributed by atoms with Crippen LogP contribution in [0.5, 0.6) is 0 Å². The molecule has 0 aromatic rings. The molecule has 2 N–H and O–H groups in total. The average Bonchev–Trinajstić information content (AvgIpc) is 2.99. The second-order valence-electron chi connectivity index (χ2n) is 12.8. The van der Waals surface area contributed by atoms with Crippen molar-refractivity contribution in [3.05, 3.63) is 0 Å². The maximum absolute atomic E-state index is 12.6. The van der Waals surface area contributed by atoms with Gasteiger partial charge in [0.2, 0.25) is 5.91 Å². The lowest BCUT2D eigenvalue weighted by Gasteiger charge is -2.18. The Hall–Kier alpha value is -1.59. The minimum atomic E-state index is -1.01. The fourth-order valence-electron chi connectivity index (χ4n) is 5.75.